The van der Waals surface area contributed by atoms with Crippen LogP contribution in [-0.4, -0.2) is 45.5 Å². The molecular formula is C24H29NO4. The molecule has 0 N–H and O–H groups in total. The van der Waals surface area contributed by atoms with Crippen molar-refractivity contribution in [2.45, 2.75) is 31.3 Å². The molecule has 3 aliphatic heterocycles. The number of ether oxygens (including phenoxy) is 4. The van der Waals surface area contributed by atoms with Crippen molar-refractivity contribution in [2.24, 2.45) is 5.92 Å². The van der Waals surface area contributed by atoms with Crippen LogP contribution in [0.1, 0.15) is 36.0 Å². The molecule has 5 rings (SSSR count). The summed E-state index contributed by atoms with van der Waals surface area (Å²) >= 11 is 0. The van der Waals surface area contributed by atoms with Crippen LogP contribution >= 0.6 is 0 Å². The van der Waals surface area contributed by atoms with E-state index in [1.807, 2.05) is 13.2 Å². The minimum Gasteiger partial charge on any atom is -0.493 e. The summed E-state index contributed by atoms with van der Waals surface area (Å²) in [7, 11) is 4.04. The third-order valence-electron chi connectivity index (χ3n) is 6.75. The zero-order chi connectivity index (χ0) is 19.8. The van der Waals surface area contributed by atoms with Gasteiger partial charge in [-0.2, -0.15) is 0 Å². The molecule has 1 atom stereocenters. The molecule has 0 saturated carbocycles. The molecule has 3 heterocycles. The van der Waals surface area contributed by atoms with Gasteiger partial charge in [0.05, 0.1) is 6.61 Å². The van der Waals surface area contributed by atoms with E-state index in [9.17, 15) is 0 Å². The van der Waals surface area contributed by atoms with Crippen molar-refractivity contribution in [3.8, 4) is 17.2 Å². The molecule has 1 fully saturated rings. The van der Waals surface area contributed by atoms with Crippen molar-refractivity contribution in [3.63, 3.8) is 0 Å². The second-order valence-corrected chi connectivity index (χ2v) is 8.36. The maximum Gasteiger partial charge on any atom is 0.231 e. The monoisotopic (exact) mass is 395 g/mol. The average Bonchev–Trinajstić information content (AvgIpc) is 3.24. The number of benzene rings is 2. The molecule has 0 radical (unpaired) electrons. The van der Waals surface area contributed by atoms with Gasteiger partial charge in [0, 0.05) is 7.11 Å². The Morgan fingerprint density at radius 1 is 0.931 bits per heavy atom. The first kappa shape index (κ1) is 18.8. The number of rotatable bonds is 4. The third kappa shape index (κ3) is 3.17. The standard InChI is InChI=1S/C24H29NO4/c1-25-11-9-18(10-12-25)24(26-2,20-6-8-22-23(15-20)29-16-28-22)19-5-7-21-17(14-19)4-3-13-27-21/h5-8,14-15,18H,3-4,9-13,16H2,1-2H3. The second kappa shape index (κ2) is 7.54. The number of likely N-dealkylation sites (tertiary alicyclic amines) is 1. The lowest BCUT2D eigenvalue weighted by atomic mass is 9.71. The maximum absolute atomic E-state index is 6.48. The van der Waals surface area contributed by atoms with Crippen LogP contribution in [0.5, 0.6) is 17.2 Å². The first-order chi connectivity index (χ1) is 14.2. The number of piperidine rings is 1. The van der Waals surface area contributed by atoms with Gasteiger partial charge in [-0.1, -0.05) is 12.1 Å². The predicted molar refractivity (Wildman–Crippen MR) is 111 cm³/mol. The van der Waals surface area contributed by atoms with Crippen LogP contribution in [0.4, 0.5) is 0 Å². The predicted octanol–water partition coefficient (Wildman–Crippen LogP) is 3.97. The summed E-state index contributed by atoms with van der Waals surface area (Å²) in [6, 6.07) is 12.9. The Balaban J connectivity index is 1.64. The minimum absolute atomic E-state index is 0.281. The molecule has 1 unspecified atom stereocenters. The number of nitrogens with zero attached hydrogens (tertiary/aromatic N) is 1. The Hall–Kier alpha value is -2.24. The molecule has 1 saturated heterocycles. The highest BCUT2D eigenvalue weighted by atomic mass is 16.7. The lowest BCUT2D eigenvalue weighted by molar-refractivity contribution is -0.0489. The van der Waals surface area contributed by atoms with E-state index < -0.39 is 5.60 Å². The van der Waals surface area contributed by atoms with Gasteiger partial charge >= 0.3 is 0 Å². The fraction of sp³-hybridized carbons (Fsp3) is 0.500. The van der Waals surface area contributed by atoms with Gasteiger partial charge in [-0.25, -0.2) is 0 Å². The van der Waals surface area contributed by atoms with Crippen LogP contribution in [0.15, 0.2) is 36.4 Å². The SMILES string of the molecule is COC(c1ccc2c(c1)CCCO2)(c1ccc2c(c1)OCO2)C1CCN(C)CC1. The quantitative estimate of drug-likeness (QED) is 0.783. The molecule has 3 aliphatic rings. The fourth-order valence-electron chi connectivity index (χ4n) is 5.17. The normalized spacial score (nSPS) is 21.3. The van der Waals surface area contributed by atoms with Crippen molar-refractivity contribution in [1.82, 2.24) is 4.90 Å². The van der Waals surface area contributed by atoms with Crippen molar-refractivity contribution < 1.29 is 18.9 Å². The van der Waals surface area contributed by atoms with Gasteiger partial charge in [-0.05, 0) is 92.7 Å². The summed E-state index contributed by atoms with van der Waals surface area (Å²) in [5.41, 5.74) is 3.10. The molecule has 5 nitrogen and oxygen atoms in total. The molecule has 0 amide bonds. The van der Waals surface area contributed by atoms with Gasteiger partial charge in [0.25, 0.3) is 0 Å². The summed E-state index contributed by atoms with van der Waals surface area (Å²) < 4.78 is 23.6. The Labute approximate surface area is 172 Å². The van der Waals surface area contributed by atoms with E-state index in [1.54, 1.807) is 0 Å². The third-order valence-corrected chi connectivity index (χ3v) is 6.75. The molecule has 2 aromatic rings. The van der Waals surface area contributed by atoms with Gasteiger partial charge in [0.15, 0.2) is 11.5 Å². The van der Waals surface area contributed by atoms with Gasteiger partial charge < -0.3 is 23.8 Å². The number of hydrogen-bond donors (Lipinski definition) is 0. The summed E-state index contributed by atoms with van der Waals surface area (Å²) in [5.74, 6) is 3.00. The Morgan fingerprint density at radius 3 is 2.45 bits per heavy atom. The molecule has 2 aromatic carbocycles. The van der Waals surface area contributed by atoms with Crippen molar-refractivity contribution in [1.29, 1.82) is 0 Å². The Kier molecular flexibility index (Phi) is 4.88. The van der Waals surface area contributed by atoms with Crippen molar-refractivity contribution >= 4 is 0 Å². The molecule has 0 aliphatic carbocycles. The lowest BCUT2D eigenvalue weighted by Gasteiger charge is -2.44. The number of fused-ring (bicyclic) bond motifs is 2. The highest BCUT2D eigenvalue weighted by Crippen LogP contribution is 2.48. The smallest absolute Gasteiger partial charge is 0.231 e. The molecule has 5 heteroatoms. The molecular weight excluding hydrogens is 366 g/mol. The first-order valence-corrected chi connectivity index (χ1v) is 10.6. The van der Waals surface area contributed by atoms with Crippen molar-refractivity contribution in [3.05, 3.63) is 53.1 Å². The highest BCUT2D eigenvalue weighted by molar-refractivity contribution is 5.51. The molecule has 0 spiro atoms. The van der Waals surface area contributed by atoms with E-state index in [0.717, 1.165) is 68.2 Å². The lowest BCUT2D eigenvalue weighted by Crippen LogP contribution is -2.44. The van der Waals surface area contributed by atoms with E-state index in [2.05, 4.69) is 42.3 Å². The number of methoxy groups -OCH3 is 1. The van der Waals surface area contributed by atoms with Gasteiger partial charge in [0.2, 0.25) is 6.79 Å². The van der Waals surface area contributed by atoms with Crippen LogP contribution in [0.3, 0.4) is 0 Å². The van der Waals surface area contributed by atoms with E-state index in [-0.39, 0.29) is 6.79 Å². The molecule has 0 aromatic heterocycles. The number of aryl methyl sites for hydroxylation is 1. The summed E-state index contributed by atoms with van der Waals surface area (Å²) in [6.45, 7) is 3.24. The zero-order valence-corrected chi connectivity index (χ0v) is 17.3. The van der Waals surface area contributed by atoms with Crippen LogP contribution in [0, 0.1) is 5.92 Å². The van der Waals surface area contributed by atoms with Gasteiger partial charge in [-0.15, -0.1) is 0 Å². The summed E-state index contributed by atoms with van der Waals surface area (Å²) in [4.78, 5) is 2.40. The zero-order valence-electron chi connectivity index (χ0n) is 17.3. The molecule has 29 heavy (non-hydrogen) atoms. The Bertz CT molecular complexity index is 890. The fourth-order valence-corrected chi connectivity index (χ4v) is 5.17. The van der Waals surface area contributed by atoms with E-state index >= 15 is 0 Å². The first-order valence-electron chi connectivity index (χ1n) is 10.6. The van der Waals surface area contributed by atoms with Crippen LogP contribution in [0.25, 0.3) is 0 Å². The highest BCUT2D eigenvalue weighted by Gasteiger charge is 2.44. The minimum atomic E-state index is -0.519. The topological polar surface area (TPSA) is 40.2 Å². The largest absolute Gasteiger partial charge is 0.493 e. The maximum atomic E-state index is 6.48. The van der Waals surface area contributed by atoms with Crippen LogP contribution < -0.4 is 14.2 Å². The Morgan fingerprint density at radius 2 is 1.66 bits per heavy atom. The number of hydrogen-bond acceptors (Lipinski definition) is 5. The molecule has 154 valence electrons. The average molecular weight is 395 g/mol. The van der Waals surface area contributed by atoms with Crippen LogP contribution in [-0.2, 0) is 16.8 Å². The van der Waals surface area contributed by atoms with E-state index in [4.69, 9.17) is 18.9 Å². The summed E-state index contributed by atoms with van der Waals surface area (Å²) in [6.07, 6.45) is 4.30. The second-order valence-electron chi connectivity index (χ2n) is 8.36. The van der Waals surface area contributed by atoms with Gasteiger partial charge in [0.1, 0.15) is 11.4 Å². The van der Waals surface area contributed by atoms with Gasteiger partial charge in [-0.3, -0.25) is 0 Å². The molecule has 0 bridgehead atoms. The van der Waals surface area contributed by atoms with Crippen LogP contribution in [0.2, 0.25) is 0 Å². The summed E-state index contributed by atoms with van der Waals surface area (Å²) in [5, 5.41) is 0. The van der Waals surface area contributed by atoms with Crippen molar-refractivity contribution in [2.75, 3.05) is 40.6 Å². The van der Waals surface area contributed by atoms with E-state index in [0.29, 0.717) is 5.92 Å². The van der Waals surface area contributed by atoms with E-state index in [1.165, 1.54) is 11.1 Å².